The lowest BCUT2D eigenvalue weighted by atomic mass is 9.96. The second kappa shape index (κ2) is 9.60. The molecule has 6 nitrogen and oxygen atoms in total. The van der Waals surface area contributed by atoms with Gasteiger partial charge in [0.15, 0.2) is 0 Å². The van der Waals surface area contributed by atoms with Crippen molar-refractivity contribution in [2.24, 2.45) is 5.92 Å². The van der Waals surface area contributed by atoms with Gasteiger partial charge in [-0.1, -0.05) is 12.1 Å². The van der Waals surface area contributed by atoms with Gasteiger partial charge in [-0.2, -0.15) is 4.98 Å². The highest BCUT2D eigenvalue weighted by Gasteiger charge is 2.22. The van der Waals surface area contributed by atoms with Crippen molar-refractivity contribution in [2.45, 2.75) is 39.0 Å². The summed E-state index contributed by atoms with van der Waals surface area (Å²) in [5.41, 5.74) is 0.711. The lowest BCUT2D eigenvalue weighted by Crippen LogP contribution is -2.40. The smallest absolute Gasteiger partial charge is 0.226 e. The van der Waals surface area contributed by atoms with E-state index in [-0.39, 0.29) is 11.7 Å². The number of aromatic nitrogens is 2. The van der Waals surface area contributed by atoms with E-state index in [4.69, 9.17) is 4.52 Å². The normalized spacial score (nSPS) is 15.3. The number of aryl methyl sites for hydroxylation is 1. The quantitative estimate of drug-likeness (QED) is 0.769. The van der Waals surface area contributed by atoms with E-state index in [2.05, 4.69) is 22.4 Å². The van der Waals surface area contributed by atoms with Gasteiger partial charge in [0.25, 0.3) is 0 Å². The first kappa shape index (κ1) is 19.5. The number of nitrogens with one attached hydrogen (secondary N) is 1. The van der Waals surface area contributed by atoms with E-state index in [1.165, 1.54) is 12.1 Å². The molecule has 0 saturated carbocycles. The largest absolute Gasteiger partial charge is 0.343 e. The molecule has 3 rings (SSSR count). The predicted octanol–water partition coefficient (Wildman–Crippen LogP) is 3.05. The molecule has 1 aromatic heterocycles. The molecule has 1 saturated heterocycles. The van der Waals surface area contributed by atoms with Crippen LogP contribution >= 0.6 is 0 Å². The fraction of sp³-hybridized carbons (Fsp3) is 0.550. The molecule has 0 bridgehead atoms. The average Bonchev–Trinajstić information content (AvgIpc) is 3.16. The summed E-state index contributed by atoms with van der Waals surface area (Å²) >= 11 is 0. The third kappa shape index (κ3) is 5.60. The van der Waals surface area contributed by atoms with E-state index in [1.807, 2.05) is 4.90 Å². The molecule has 1 aliphatic heterocycles. The number of carbonyl (C=O) groups is 1. The van der Waals surface area contributed by atoms with E-state index in [0.717, 1.165) is 39.0 Å². The Morgan fingerprint density at radius 1 is 1.30 bits per heavy atom. The molecule has 1 aromatic carbocycles. The first-order chi connectivity index (χ1) is 13.2. The van der Waals surface area contributed by atoms with Crippen molar-refractivity contribution in [2.75, 3.05) is 26.2 Å². The van der Waals surface area contributed by atoms with Crippen LogP contribution in [0.2, 0.25) is 0 Å². The number of rotatable bonds is 8. The SMILES string of the molecule is CCNCC1CCN(C(=O)CCCc2nc(-c3ccc(F)cc3)no2)CC1. The monoisotopic (exact) mass is 374 g/mol. The second-order valence-electron chi connectivity index (χ2n) is 7.00. The third-order valence-electron chi connectivity index (χ3n) is 5.00. The summed E-state index contributed by atoms with van der Waals surface area (Å²) < 4.78 is 18.2. The van der Waals surface area contributed by atoms with Crippen molar-refractivity contribution < 1.29 is 13.7 Å². The average molecular weight is 374 g/mol. The number of hydrogen-bond acceptors (Lipinski definition) is 5. The van der Waals surface area contributed by atoms with E-state index in [0.29, 0.717) is 42.5 Å². The molecule has 1 fully saturated rings. The van der Waals surface area contributed by atoms with Gasteiger partial charge >= 0.3 is 0 Å². The number of hydrogen-bond donors (Lipinski definition) is 1. The lowest BCUT2D eigenvalue weighted by molar-refractivity contribution is -0.132. The van der Waals surface area contributed by atoms with Gasteiger partial charge in [0.05, 0.1) is 0 Å². The van der Waals surface area contributed by atoms with Gasteiger partial charge in [0.1, 0.15) is 5.82 Å². The topological polar surface area (TPSA) is 71.3 Å². The van der Waals surface area contributed by atoms with Gasteiger partial charge in [0, 0.05) is 31.5 Å². The third-order valence-corrected chi connectivity index (χ3v) is 5.00. The number of carbonyl (C=O) groups excluding carboxylic acids is 1. The lowest BCUT2D eigenvalue weighted by Gasteiger charge is -2.32. The standard InChI is InChI=1S/C20H27FN4O2/c1-2-22-14-15-10-12-25(13-11-15)19(26)5-3-4-18-23-20(24-27-18)16-6-8-17(21)9-7-16/h6-9,15,22H,2-5,10-14H2,1H3. The molecule has 0 spiro atoms. The van der Waals surface area contributed by atoms with Gasteiger partial charge in [-0.15, -0.1) is 0 Å². The number of piperidine rings is 1. The summed E-state index contributed by atoms with van der Waals surface area (Å²) in [7, 11) is 0. The molecule has 0 radical (unpaired) electrons. The van der Waals surface area contributed by atoms with Gasteiger partial charge in [-0.25, -0.2) is 4.39 Å². The highest BCUT2D eigenvalue weighted by molar-refractivity contribution is 5.76. The molecule has 7 heteroatoms. The van der Waals surface area contributed by atoms with Gasteiger partial charge in [-0.05, 0) is 62.5 Å². The predicted molar refractivity (Wildman–Crippen MR) is 100 cm³/mol. The van der Waals surface area contributed by atoms with Crippen LogP contribution in [0, 0.1) is 11.7 Å². The highest BCUT2D eigenvalue weighted by atomic mass is 19.1. The molecule has 2 heterocycles. The summed E-state index contributed by atoms with van der Waals surface area (Å²) in [5, 5.41) is 7.31. The summed E-state index contributed by atoms with van der Waals surface area (Å²) in [6.07, 6.45) is 3.89. The number of nitrogens with zero attached hydrogens (tertiary/aromatic N) is 3. The Bertz CT molecular complexity index is 724. The van der Waals surface area contributed by atoms with Gasteiger partial charge < -0.3 is 14.7 Å². The van der Waals surface area contributed by atoms with Crippen LogP contribution in [-0.4, -0.2) is 47.1 Å². The first-order valence-corrected chi connectivity index (χ1v) is 9.72. The van der Waals surface area contributed by atoms with Crippen molar-refractivity contribution in [3.05, 3.63) is 36.0 Å². The van der Waals surface area contributed by atoms with Gasteiger partial charge in [0.2, 0.25) is 17.6 Å². The maximum atomic E-state index is 13.0. The molecular formula is C20H27FN4O2. The van der Waals surface area contributed by atoms with Crippen molar-refractivity contribution in [3.63, 3.8) is 0 Å². The van der Waals surface area contributed by atoms with Crippen LogP contribution < -0.4 is 5.32 Å². The Kier molecular flexibility index (Phi) is 6.92. The minimum absolute atomic E-state index is 0.204. The number of benzene rings is 1. The zero-order valence-electron chi connectivity index (χ0n) is 15.8. The molecule has 0 atom stereocenters. The molecule has 27 heavy (non-hydrogen) atoms. The van der Waals surface area contributed by atoms with Crippen LogP contribution in [-0.2, 0) is 11.2 Å². The van der Waals surface area contributed by atoms with Gasteiger partial charge in [-0.3, -0.25) is 4.79 Å². The van der Waals surface area contributed by atoms with Crippen molar-refractivity contribution in [3.8, 4) is 11.4 Å². The van der Waals surface area contributed by atoms with E-state index in [1.54, 1.807) is 12.1 Å². The number of halogens is 1. The summed E-state index contributed by atoms with van der Waals surface area (Å²) in [6.45, 7) is 5.86. The minimum Gasteiger partial charge on any atom is -0.343 e. The first-order valence-electron chi connectivity index (χ1n) is 9.72. The number of likely N-dealkylation sites (tertiary alicyclic amines) is 1. The molecule has 0 unspecified atom stereocenters. The molecule has 2 aromatic rings. The van der Waals surface area contributed by atoms with Crippen molar-refractivity contribution in [1.29, 1.82) is 0 Å². The van der Waals surface area contributed by atoms with E-state index < -0.39 is 0 Å². The molecule has 1 N–H and O–H groups in total. The van der Waals surface area contributed by atoms with Crippen LogP contribution in [0.5, 0.6) is 0 Å². The molecule has 1 aliphatic rings. The van der Waals surface area contributed by atoms with Crippen LogP contribution in [0.4, 0.5) is 4.39 Å². The van der Waals surface area contributed by atoms with E-state index in [9.17, 15) is 9.18 Å². The Labute approximate surface area is 159 Å². The Morgan fingerprint density at radius 2 is 2.04 bits per heavy atom. The number of amides is 1. The van der Waals surface area contributed by atoms with Crippen LogP contribution in [0.1, 0.15) is 38.5 Å². The Hall–Kier alpha value is -2.28. The van der Waals surface area contributed by atoms with E-state index >= 15 is 0 Å². The van der Waals surface area contributed by atoms with Crippen molar-refractivity contribution in [1.82, 2.24) is 20.4 Å². The molecule has 146 valence electrons. The minimum atomic E-state index is -0.299. The summed E-state index contributed by atoms with van der Waals surface area (Å²) in [5.74, 6) is 1.53. The maximum Gasteiger partial charge on any atom is 0.226 e. The summed E-state index contributed by atoms with van der Waals surface area (Å²) in [4.78, 5) is 18.7. The zero-order valence-corrected chi connectivity index (χ0v) is 15.8. The van der Waals surface area contributed by atoms with Crippen LogP contribution in [0.25, 0.3) is 11.4 Å². The van der Waals surface area contributed by atoms with Crippen molar-refractivity contribution >= 4 is 5.91 Å². The molecular weight excluding hydrogens is 347 g/mol. The Morgan fingerprint density at radius 3 is 2.74 bits per heavy atom. The molecule has 0 aliphatic carbocycles. The molecule has 1 amide bonds. The fourth-order valence-corrected chi connectivity index (χ4v) is 3.36. The fourth-order valence-electron chi connectivity index (χ4n) is 3.36. The summed E-state index contributed by atoms with van der Waals surface area (Å²) in [6, 6.07) is 5.97. The van der Waals surface area contributed by atoms with Crippen LogP contribution in [0.3, 0.4) is 0 Å². The van der Waals surface area contributed by atoms with Crippen LogP contribution in [0.15, 0.2) is 28.8 Å². The zero-order chi connectivity index (χ0) is 19.1. The second-order valence-corrected chi connectivity index (χ2v) is 7.00. The highest BCUT2D eigenvalue weighted by Crippen LogP contribution is 2.19. The Balaban J connectivity index is 1.40. The maximum absolute atomic E-state index is 13.0.